The minimum atomic E-state index is 0.639. The van der Waals surface area contributed by atoms with E-state index in [1.165, 1.54) is 66.2 Å². The summed E-state index contributed by atoms with van der Waals surface area (Å²) in [7, 11) is 0. The zero-order chi connectivity index (χ0) is 43.1. The van der Waals surface area contributed by atoms with E-state index in [4.69, 9.17) is 4.42 Å². The predicted octanol–water partition coefficient (Wildman–Crippen LogP) is 17.6. The predicted molar refractivity (Wildman–Crippen MR) is 275 cm³/mol. The highest BCUT2D eigenvalue weighted by atomic mass is 16.3. The van der Waals surface area contributed by atoms with Crippen molar-refractivity contribution in [1.29, 1.82) is 0 Å². The van der Waals surface area contributed by atoms with E-state index in [0.717, 1.165) is 49.8 Å². The molecule has 2 heteroatoms. The Balaban J connectivity index is 0.969. The Morgan fingerprint density at radius 3 is 1.68 bits per heavy atom. The molecule has 0 radical (unpaired) electrons. The van der Waals surface area contributed by atoms with Crippen LogP contribution in [-0.2, 0) is 6.54 Å². The molecule has 1 aromatic heterocycles. The molecule has 0 aliphatic rings. The van der Waals surface area contributed by atoms with Crippen LogP contribution in [-0.4, -0.2) is 0 Å². The van der Waals surface area contributed by atoms with Crippen LogP contribution in [0, 0.1) is 0 Å². The summed E-state index contributed by atoms with van der Waals surface area (Å²) in [6.45, 7) is 0.639. The van der Waals surface area contributed by atoms with E-state index in [1.807, 2.05) is 0 Å². The quantitative estimate of drug-likeness (QED) is 0.144. The van der Waals surface area contributed by atoms with Gasteiger partial charge in [0.05, 0.1) is 0 Å². The Hall–Kier alpha value is -8.46. The minimum Gasteiger partial charge on any atom is -0.455 e. The molecule has 12 rings (SSSR count). The number of para-hydroxylation sites is 1. The molecule has 12 aromatic rings. The Morgan fingerprint density at radius 2 is 0.846 bits per heavy atom. The molecule has 306 valence electrons. The second kappa shape index (κ2) is 16.3. The van der Waals surface area contributed by atoms with Gasteiger partial charge in [-0.25, -0.2) is 0 Å². The largest absolute Gasteiger partial charge is 0.455 e. The van der Waals surface area contributed by atoms with Crippen molar-refractivity contribution in [2.24, 2.45) is 0 Å². The number of furan rings is 1. The smallest absolute Gasteiger partial charge is 0.143 e. The number of nitrogens with zero attached hydrogens (tertiary/aromatic N) is 1. The van der Waals surface area contributed by atoms with Crippen molar-refractivity contribution >= 4 is 54.9 Å². The lowest BCUT2D eigenvalue weighted by Crippen LogP contribution is -2.17. The molecule has 65 heavy (non-hydrogen) atoms. The summed E-state index contributed by atoms with van der Waals surface area (Å²) in [4.78, 5) is 2.45. The fourth-order valence-corrected chi connectivity index (χ4v) is 9.67. The monoisotopic (exact) mass is 829 g/mol. The van der Waals surface area contributed by atoms with Gasteiger partial charge in [-0.2, -0.15) is 0 Å². The summed E-state index contributed by atoms with van der Waals surface area (Å²) in [5, 5.41) is 7.04. The number of rotatable bonds is 9. The summed E-state index contributed by atoms with van der Waals surface area (Å²) in [6, 6.07) is 89.9. The van der Waals surface area contributed by atoms with E-state index in [-0.39, 0.29) is 0 Å². The number of fused-ring (bicyclic) bond motifs is 6. The van der Waals surface area contributed by atoms with Crippen molar-refractivity contribution in [3.8, 4) is 55.6 Å². The third-order valence-electron chi connectivity index (χ3n) is 13.0. The molecule has 0 aliphatic carbocycles. The molecule has 0 fully saturated rings. The van der Waals surface area contributed by atoms with Gasteiger partial charge in [0, 0.05) is 39.6 Å². The number of hydrogen-bond donors (Lipinski definition) is 0. The van der Waals surface area contributed by atoms with Crippen molar-refractivity contribution in [3.63, 3.8) is 0 Å². The first-order chi connectivity index (χ1) is 32.2. The lowest BCUT2D eigenvalue weighted by molar-refractivity contribution is 0.673. The first kappa shape index (κ1) is 38.2. The molecule has 0 aliphatic heterocycles. The number of hydrogen-bond acceptors (Lipinski definition) is 2. The van der Waals surface area contributed by atoms with Crippen molar-refractivity contribution in [2.45, 2.75) is 6.54 Å². The molecule has 2 nitrogen and oxygen atoms in total. The summed E-state index contributed by atoms with van der Waals surface area (Å²) in [6.07, 6.45) is 0. The molecule has 0 N–H and O–H groups in total. The molecule has 11 aromatic carbocycles. The summed E-state index contributed by atoms with van der Waals surface area (Å²) >= 11 is 0. The molecule has 0 saturated heterocycles. The van der Waals surface area contributed by atoms with Gasteiger partial charge in [0.25, 0.3) is 0 Å². The summed E-state index contributed by atoms with van der Waals surface area (Å²) < 4.78 is 6.89. The highest BCUT2D eigenvalue weighted by Crippen LogP contribution is 2.42. The minimum absolute atomic E-state index is 0.639. The van der Waals surface area contributed by atoms with Gasteiger partial charge in [-0.05, 0) is 114 Å². The molecular weight excluding hydrogens is 787 g/mol. The van der Waals surface area contributed by atoms with E-state index in [1.54, 1.807) is 0 Å². The van der Waals surface area contributed by atoms with Crippen molar-refractivity contribution in [1.82, 2.24) is 0 Å². The van der Waals surface area contributed by atoms with Gasteiger partial charge in [-0.1, -0.05) is 206 Å². The van der Waals surface area contributed by atoms with E-state index >= 15 is 0 Å². The zero-order valence-corrected chi connectivity index (χ0v) is 35.7. The Kier molecular flexibility index (Phi) is 9.61. The van der Waals surface area contributed by atoms with Gasteiger partial charge in [-0.15, -0.1) is 0 Å². The van der Waals surface area contributed by atoms with E-state index in [0.29, 0.717) is 6.54 Å². The average Bonchev–Trinajstić information content (AvgIpc) is 3.78. The van der Waals surface area contributed by atoms with Crippen LogP contribution in [0.1, 0.15) is 5.56 Å². The van der Waals surface area contributed by atoms with Crippen LogP contribution >= 0.6 is 0 Å². The molecule has 0 unspecified atom stereocenters. The molecule has 0 saturated carbocycles. The standard InChI is InChI=1S/C63H43NO/c1-3-16-45(17-4-1)56-37-34-51(41-61(56)46-18-5-2-6-19-46)44-31-35-53(36-32-44)64(54-24-13-23-49(40-54)50-30-29-43-15-7-8-21-48(43)39-50)42-52-22-10-11-25-55(52)58-27-14-28-59-60-38-33-47-20-9-12-26-57(47)62(60)65-63(58)59/h1-41H,42H2. The molecule has 0 bridgehead atoms. The first-order valence-corrected chi connectivity index (χ1v) is 22.4. The number of anilines is 2. The van der Waals surface area contributed by atoms with Crippen LogP contribution in [0.15, 0.2) is 253 Å². The molecule has 0 spiro atoms. The maximum atomic E-state index is 6.89. The van der Waals surface area contributed by atoms with Crippen LogP contribution in [0.25, 0.3) is 99.1 Å². The third kappa shape index (κ3) is 7.12. The van der Waals surface area contributed by atoms with E-state index in [9.17, 15) is 0 Å². The highest BCUT2D eigenvalue weighted by Gasteiger charge is 2.20. The van der Waals surface area contributed by atoms with Crippen LogP contribution in [0.2, 0.25) is 0 Å². The van der Waals surface area contributed by atoms with E-state index in [2.05, 4.69) is 254 Å². The summed E-state index contributed by atoms with van der Waals surface area (Å²) in [5.41, 5.74) is 17.1. The van der Waals surface area contributed by atoms with Crippen molar-refractivity contribution < 1.29 is 4.42 Å². The lowest BCUT2D eigenvalue weighted by Gasteiger charge is -2.27. The normalized spacial score (nSPS) is 11.4. The zero-order valence-electron chi connectivity index (χ0n) is 35.7. The lowest BCUT2D eigenvalue weighted by atomic mass is 9.91. The average molecular weight is 830 g/mol. The third-order valence-corrected chi connectivity index (χ3v) is 13.0. The van der Waals surface area contributed by atoms with Gasteiger partial charge in [-0.3, -0.25) is 0 Å². The maximum absolute atomic E-state index is 6.89. The second-order valence-corrected chi connectivity index (χ2v) is 16.8. The first-order valence-electron chi connectivity index (χ1n) is 22.4. The van der Waals surface area contributed by atoms with Gasteiger partial charge in [0.1, 0.15) is 11.2 Å². The number of benzene rings is 11. The van der Waals surface area contributed by atoms with Crippen molar-refractivity contribution in [2.75, 3.05) is 4.90 Å². The van der Waals surface area contributed by atoms with Crippen LogP contribution in [0.4, 0.5) is 11.4 Å². The molecule has 1 heterocycles. The van der Waals surface area contributed by atoms with Crippen molar-refractivity contribution in [3.05, 3.63) is 254 Å². The fourth-order valence-electron chi connectivity index (χ4n) is 9.67. The van der Waals surface area contributed by atoms with Crippen LogP contribution < -0.4 is 4.90 Å². The second-order valence-electron chi connectivity index (χ2n) is 16.8. The Morgan fingerprint density at radius 1 is 0.277 bits per heavy atom. The van der Waals surface area contributed by atoms with Gasteiger partial charge >= 0.3 is 0 Å². The summed E-state index contributed by atoms with van der Waals surface area (Å²) in [5.74, 6) is 0. The molecular formula is C63H43NO. The SMILES string of the molecule is c1ccc(-c2ccc(-c3ccc(N(Cc4ccccc4-c4cccc5c4oc4c6ccccc6ccc54)c4cccc(-c5ccc6ccccc6c5)c4)cc3)cc2-c2ccccc2)cc1. The van der Waals surface area contributed by atoms with Gasteiger partial charge in [0.2, 0.25) is 0 Å². The highest BCUT2D eigenvalue weighted by molar-refractivity contribution is 6.17. The van der Waals surface area contributed by atoms with E-state index < -0.39 is 0 Å². The fraction of sp³-hybridized carbons (Fsp3) is 0.0159. The maximum Gasteiger partial charge on any atom is 0.143 e. The van der Waals surface area contributed by atoms with Crippen LogP contribution in [0.5, 0.6) is 0 Å². The van der Waals surface area contributed by atoms with Gasteiger partial charge < -0.3 is 9.32 Å². The molecule has 0 atom stereocenters. The topological polar surface area (TPSA) is 16.4 Å². The Labute approximate surface area is 378 Å². The Bertz CT molecular complexity index is 3680. The molecule has 0 amide bonds. The van der Waals surface area contributed by atoms with Crippen LogP contribution in [0.3, 0.4) is 0 Å². The van der Waals surface area contributed by atoms with Gasteiger partial charge in [0.15, 0.2) is 0 Å².